The zero-order chi connectivity index (χ0) is 19.1. The van der Waals surface area contributed by atoms with E-state index >= 15 is 0 Å². The standard InChI is InChI=1S/C20H22N2O4S/c1-2-25-17-10-8-16(9-11-17)21-19(23)18-13-27-14-22(18)20(24)26-12-15-6-4-3-5-7-15/h3-11,18H,2,12-14H2,1H3,(H,21,23)/t18-/m0/s1. The molecular formula is C20H22N2O4S. The first-order valence-corrected chi connectivity index (χ1v) is 9.91. The van der Waals surface area contributed by atoms with Gasteiger partial charge in [-0.3, -0.25) is 9.69 Å². The summed E-state index contributed by atoms with van der Waals surface area (Å²) < 4.78 is 10.8. The minimum Gasteiger partial charge on any atom is -0.494 e. The lowest BCUT2D eigenvalue weighted by Gasteiger charge is -2.22. The number of nitrogens with one attached hydrogen (secondary N) is 1. The smallest absolute Gasteiger partial charge is 0.411 e. The van der Waals surface area contributed by atoms with Crippen LogP contribution in [0.3, 0.4) is 0 Å². The second kappa shape index (κ2) is 9.32. The summed E-state index contributed by atoms with van der Waals surface area (Å²) in [6, 6.07) is 16.1. The van der Waals surface area contributed by atoms with E-state index in [1.165, 1.54) is 16.7 Å². The first-order valence-electron chi connectivity index (χ1n) is 8.76. The van der Waals surface area contributed by atoms with Gasteiger partial charge in [-0.1, -0.05) is 30.3 Å². The third-order valence-corrected chi connectivity index (χ3v) is 5.07. The molecule has 6 nitrogen and oxygen atoms in total. The molecule has 2 amide bonds. The van der Waals surface area contributed by atoms with Crippen molar-refractivity contribution < 1.29 is 19.1 Å². The Bertz CT molecular complexity index is 767. The molecule has 3 rings (SSSR count). The maximum Gasteiger partial charge on any atom is 0.411 e. The SMILES string of the molecule is CCOc1ccc(NC(=O)[C@@H]2CSCN2C(=O)OCc2ccccc2)cc1. The van der Waals surface area contributed by atoms with Crippen LogP contribution in [0.4, 0.5) is 10.5 Å². The average molecular weight is 386 g/mol. The number of ether oxygens (including phenoxy) is 2. The summed E-state index contributed by atoms with van der Waals surface area (Å²) >= 11 is 1.53. The van der Waals surface area contributed by atoms with Crippen molar-refractivity contribution in [3.8, 4) is 5.75 Å². The van der Waals surface area contributed by atoms with Gasteiger partial charge in [-0.25, -0.2) is 4.79 Å². The number of hydrogen-bond acceptors (Lipinski definition) is 5. The highest BCUT2D eigenvalue weighted by atomic mass is 32.2. The summed E-state index contributed by atoms with van der Waals surface area (Å²) in [7, 11) is 0. The quantitative estimate of drug-likeness (QED) is 0.819. The number of amides is 2. The fraction of sp³-hybridized carbons (Fsp3) is 0.300. The minimum absolute atomic E-state index is 0.189. The van der Waals surface area contributed by atoms with Gasteiger partial charge in [0.25, 0.3) is 0 Å². The van der Waals surface area contributed by atoms with Crippen LogP contribution < -0.4 is 10.1 Å². The fourth-order valence-electron chi connectivity index (χ4n) is 2.67. The molecular weight excluding hydrogens is 364 g/mol. The van der Waals surface area contributed by atoms with Gasteiger partial charge in [-0.15, -0.1) is 11.8 Å². The zero-order valence-corrected chi connectivity index (χ0v) is 15.9. The summed E-state index contributed by atoms with van der Waals surface area (Å²) in [5, 5.41) is 2.85. The number of benzene rings is 2. The highest BCUT2D eigenvalue weighted by Gasteiger charge is 2.35. The van der Waals surface area contributed by atoms with Gasteiger partial charge in [-0.2, -0.15) is 0 Å². The third-order valence-electron chi connectivity index (χ3n) is 4.06. The predicted octanol–water partition coefficient (Wildman–Crippen LogP) is 3.74. The van der Waals surface area contributed by atoms with Crippen molar-refractivity contribution in [2.45, 2.75) is 19.6 Å². The molecule has 1 saturated heterocycles. The van der Waals surface area contributed by atoms with Crippen molar-refractivity contribution in [3.63, 3.8) is 0 Å². The zero-order valence-electron chi connectivity index (χ0n) is 15.1. The molecule has 0 unspecified atom stereocenters. The van der Waals surface area contributed by atoms with Crippen molar-refractivity contribution in [1.82, 2.24) is 4.90 Å². The van der Waals surface area contributed by atoms with Gasteiger partial charge in [0.1, 0.15) is 18.4 Å². The van der Waals surface area contributed by atoms with Crippen molar-refractivity contribution in [2.75, 3.05) is 23.6 Å². The molecule has 0 spiro atoms. The van der Waals surface area contributed by atoms with Gasteiger partial charge in [-0.05, 0) is 36.8 Å². The topological polar surface area (TPSA) is 67.9 Å². The van der Waals surface area contributed by atoms with Gasteiger partial charge in [0.15, 0.2) is 0 Å². The fourth-order valence-corrected chi connectivity index (χ4v) is 3.81. The van der Waals surface area contributed by atoms with Crippen molar-refractivity contribution >= 4 is 29.4 Å². The van der Waals surface area contributed by atoms with Crippen LogP contribution >= 0.6 is 11.8 Å². The highest BCUT2D eigenvalue weighted by Crippen LogP contribution is 2.24. The van der Waals surface area contributed by atoms with E-state index in [-0.39, 0.29) is 12.5 Å². The number of nitrogens with zero attached hydrogens (tertiary/aromatic N) is 1. The van der Waals surface area contributed by atoms with Gasteiger partial charge in [0.05, 0.1) is 12.5 Å². The summed E-state index contributed by atoms with van der Waals surface area (Å²) in [4.78, 5) is 26.5. The molecule has 0 saturated carbocycles. The van der Waals surface area contributed by atoms with E-state index in [2.05, 4.69) is 5.32 Å². The van der Waals surface area contributed by atoms with E-state index in [1.54, 1.807) is 24.3 Å². The second-order valence-electron chi connectivity index (χ2n) is 5.97. The predicted molar refractivity (Wildman–Crippen MR) is 106 cm³/mol. The van der Waals surface area contributed by atoms with Crippen molar-refractivity contribution in [2.24, 2.45) is 0 Å². The lowest BCUT2D eigenvalue weighted by atomic mass is 10.2. The Kier molecular flexibility index (Phi) is 6.59. The second-order valence-corrected chi connectivity index (χ2v) is 6.97. The molecule has 7 heteroatoms. The van der Waals surface area contributed by atoms with E-state index in [9.17, 15) is 9.59 Å². The lowest BCUT2D eigenvalue weighted by Crippen LogP contribution is -2.44. The Morgan fingerprint density at radius 3 is 2.59 bits per heavy atom. The Balaban J connectivity index is 1.56. The maximum atomic E-state index is 12.6. The first-order chi connectivity index (χ1) is 13.2. The van der Waals surface area contributed by atoms with Crippen LogP contribution in [0.15, 0.2) is 54.6 Å². The molecule has 0 bridgehead atoms. The van der Waals surface area contributed by atoms with Gasteiger partial charge < -0.3 is 14.8 Å². The van der Waals surface area contributed by atoms with Crippen LogP contribution in [0.25, 0.3) is 0 Å². The van der Waals surface area contributed by atoms with Gasteiger partial charge in [0.2, 0.25) is 5.91 Å². The number of rotatable bonds is 6. The number of hydrogen-bond donors (Lipinski definition) is 1. The summed E-state index contributed by atoms with van der Waals surface area (Å²) in [6.45, 7) is 2.69. The van der Waals surface area contributed by atoms with E-state index in [0.717, 1.165) is 11.3 Å². The Labute approximate surface area is 162 Å². The Morgan fingerprint density at radius 1 is 1.15 bits per heavy atom. The van der Waals surface area contributed by atoms with E-state index in [4.69, 9.17) is 9.47 Å². The molecule has 1 N–H and O–H groups in total. The van der Waals surface area contributed by atoms with Gasteiger partial charge in [0, 0.05) is 11.4 Å². The molecule has 142 valence electrons. The molecule has 1 aliphatic rings. The molecule has 1 fully saturated rings. The summed E-state index contributed by atoms with van der Waals surface area (Å²) in [6.07, 6.45) is -0.476. The molecule has 0 aliphatic carbocycles. The molecule has 27 heavy (non-hydrogen) atoms. The van der Waals surface area contributed by atoms with Crippen LogP contribution in [0, 0.1) is 0 Å². The molecule has 1 heterocycles. The van der Waals surface area contributed by atoms with Gasteiger partial charge >= 0.3 is 6.09 Å². The molecule has 1 aliphatic heterocycles. The van der Waals surface area contributed by atoms with Crippen LogP contribution in [-0.4, -0.2) is 41.2 Å². The highest BCUT2D eigenvalue weighted by molar-refractivity contribution is 7.99. The Hall–Kier alpha value is -2.67. The third kappa shape index (κ3) is 5.17. The minimum atomic E-state index is -0.551. The molecule has 2 aromatic carbocycles. The van der Waals surface area contributed by atoms with Crippen LogP contribution in [0.5, 0.6) is 5.75 Å². The molecule has 2 aromatic rings. The lowest BCUT2D eigenvalue weighted by molar-refractivity contribution is -0.119. The summed E-state index contributed by atoms with van der Waals surface area (Å²) in [5.74, 6) is 1.51. The van der Waals surface area contributed by atoms with Crippen LogP contribution in [-0.2, 0) is 16.1 Å². The number of carbonyl (C=O) groups excluding carboxylic acids is 2. The monoisotopic (exact) mass is 386 g/mol. The van der Waals surface area contributed by atoms with E-state index < -0.39 is 12.1 Å². The molecule has 0 radical (unpaired) electrons. The van der Waals surface area contributed by atoms with Crippen LogP contribution in [0.1, 0.15) is 12.5 Å². The van der Waals surface area contributed by atoms with Crippen molar-refractivity contribution in [1.29, 1.82) is 0 Å². The number of anilines is 1. The average Bonchev–Trinajstić information content (AvgIpc) is 3.19. The van der Waals surface area contributed by atoms with Crippen molar-refractivity contribution in [3.05, 3.63) is 60.2 Å². The molecule has 1 atom stereocenters. The largest absolute Gasteiger partial charge is 0.494 e. The number of carbonyl (C=O) groups is 2. The maximum absolute atomic E-state index is 12.6. The van der Waals surface area contributed by atoms with Crippen LogP contribution in [0.2, 0.25) is 0 Å². The Morgan fingerprint density at radius 2 is 1.89 bits per heavy atom. The normalized spacial score (nSPS) is 16.0. The van der Waals surface area contributed by atoms with E-state index in [1.807, 2.05) is 37.3 Å². The van der Waals surface area contributed by atoms with E-state index in [0.29, 0.717) is 23.9 Å². The summed E-state index contributed by atoms with van der Waals surface area (Å²) in [5.41, 5.74) is 1.58. The molecule has 0 aromatic heterocycles. The number of thioether (sulfide) groups is 1. The first kappa shape index (κ1) is 19.1.